The number of nitrogens with zero attached hydrogens (tertiary/aromatic N) is 5. The number of nitriles is 1. The Morgan fingerprint density at radius 1 is 1.24 bits per heavy atom. The van der Waals surface area contributed by atoms with Gasteiger partial charge in [0.25, 0.3) is 0 Å². The summed E-state index contributed by atoms with van der Waals surface area (Å²) >= 11 is 0. The molecule has 0 spiro atoms. The van der Waals surface area contributed by atoms with Gasteiger partial charge >= 0.3 is 0 Å². The molecule has 0 radical (unpaired) electrons. The molecule has 0 bridgehead atoms. The molecule has 0 aliphatic carbocycles. The number of aromatic nitrogens is 2. The predicted molar refractivity (Wildman–Crippen MR) is 129 cm³/mol. The van der Waals surface area contributed by atoms with E-state index in [2.05, 4.69) is 37.0 Å². The summed E-state index contributed by atoms with van der Waals surface area (Å²) < 4.78 is 2.02. The monoisotopic (exact) mass is 453 g/mol. The van der Waals surface area contributed by atoms with Gasteiger partial charge in [-0.15, -0.1) is 0 Å². The fourth-order valence-electron chi connectivity index (χ4n) is 5.08. The van der Waals surface area contributed by atoms with Crippen LogP contribution in [0.15, 0.2) is 55.0 Å². The van der Waals surface area contributed by atoms with E-state index in [4.69, 9.17) is 0 Å². The highest BCUT2D eigenvalue weighted by Crippen LogP contribution is 2.42. The molecule has 1 saturated heterocycles. The Morgan fingerprint density at radius 3 is 2.79 bits per heavy atom. The van der Waals surface area contributed by atoms with Gasteiger partial charge in [-0.2, -0.15) is 5.26 Å². The van der Waals surface area contributed by atoms with Crippen molar-refractivity contribution in [3.63, 3.8) is 0 Å². The van der Waals surface area contributed by atoms with E-state index in [0.717, 1.165) is 23.4 Å². The third-order valence-electron chi connectivity index (χ3n) is 6.96. The number of rotatable bonds is 4. The number of imidazole rings is 1. The molecule has 2 aliphatic heterocycles. The van der Waals surface area contributed by atoms with Gasteiger partial charge in [0.1, 0.15) is 0 Å². The van der Waals surface area contributed by atoms with Crippen LogP contribution in [0, 0.1) is 17.2 Å². The molecule has 5 rings (SSSR count). The minimum atomic E-state index is -0.408. The number of benzene rings is 2. The first-order chi connectivity index (χ1) is 16.3. The summed E-state index contributed by atoms with van der Waals surface area (Å²) in [7, 11) is 1.99. The largest absolute Gasteiger partial charge is 0.337 e. The van der Waals surface area contributed by atoms with Gasteiger partial charge in [-0.1, -0.05) is 32.0 Å². The van der Waals surface area contributed by atoms with Gasteiger partial charge in [-0.25, -0.2) is 4.98 Å². The van der Waals surface area contributed by atoms with Crippen LogP contribution in [0.3, 0.4) is 0 Å². The second-order valence-corrected chi connectivity index (χ2v) is 9.90. The van der Waals surface area contributed by atoms with Crippen LogP contribution >= 0.6 is 0 Å². The van der Waals surface area contributed by atoms with Gasteiger partial charge in [0.15, 0.2) is 0 Å². The summed E-state index contributed by atoms with van der Waals surface area (Å²) in [5, 5.41) is 9.18. The van der Waals surface area contributed by atoms with Crippen LogP contribution in [0.4, 0.5) is 11.4 Å². The fourth-order valence-corrected chi connectivity index (χ4v) is 5.08. The van der Waals surface area contributed by atoms with Crippen molar-refractivity contribution in [1.29, 1.82) is 5.26 Å². The van der Waals surface area contributed by atoms with Crippen molar-refractivity contribution in [2.45, 2.75) is 32.1 Å². The van der Waals surface area contributed by atoms with Crippen LogP contribution in [0.5, 0.6) is 0 Å². The molecular formula is C27H27N5O2. The minimum Gasteiger partial charge on any atom is -0.337 e. The molecule has 2 aromatic carbocycles. The zero-order valence-corrected chi connectivity index (χ0v) is 19.7. The van der Waals surface area contributed by atoms with Gasteiger partial charge in [-0.05, 0) is 35.4 Å². The smallest absolute Gasteiger partial charge is 0.232 e. The van der Waals surface area contributed by atoms with Crippen molar-refractivity contribution in [3.8, 4) is 6.07 Å². The molecule has 3 heterocycles. The molecule has 2 amide bonds. The number of carbonyl (C=O) groups excluding carboxylic acids is 2. The van der Waals surface area contributed by atoms with E-state index >= 15 is 0 Å². The number of hydrogen-bond donors (Lipinski definition) is 0. The topological polar surface area (TPSA) is 82.2 Å². The van der Waals surface area contributed by atoms with Crippen LogP contribution in [0.2, 0.25) is 0 Å². The van der Waals surface area contributed by atoms with Gasteiger partial charge in [0.05, 0.1) is 23.9 Å². The summed E-state index contributed by atoms with van der Waals surface area (Å²) in [4.78, 5) is 34.1. The van der Waals surface area contributed by atoms with Gasteiger partial charge in [0, 0.05) is 61.7 Å². The normalized spacial score (nSPS) is 18.8. The van der Waals surface area contributed by atoms with E-state index in [0.29, 0.717) is 24.3 Å². The summed E-state index contributed by atoms with van der Waals surface area (Å²) in [6.07, 6.45) is 4.64. The van der Waals surface area contributed by atoms with Crippen LogP contribution in [0.1, 0.15) is 42.7 Å². The highest BCUT2D eigenvalue weighted by atomic mass is 16.2. The van der Waals surface area contributed by atoms with E-state index < -0.39 is 5.92 Å². The Balaban J connectivity index is 1.38. The average Bonchev–Trinajstić information content (AvgIpc) is 3.49. The van der Waals surface area contributed by atoms with Crippen molar-refractivity contribution in [3.05, 3.63) is 77.4 Å². The maximum Gasteiger partial charge on any atom is 0.232 e. The van der Waals surface area contributed by atoms with E-state index in [-0.39, 0.29) is 23.7 Å². The summed E-state index contributed by atoms with van der Waals surface area (Å²) in [5.41, 5.74) is 5.39. The Hall–Kier alpha value is -3.92. The molecule has 172 valence electrons. The third-order valence-corrected chi connectivity index (χ3v) is 6.96. The number of fused-ring (bicyclic) bond motifs is 1. The number of aryl methyl sites for hydroxylation is 1. The number of hydrogen-bond acceptors (Lipinski definition) is 4. The van der Waals surface area contributed by atoms with E-state index in [1.54, 1.807) is 29.4 Å². The van der Waals surface area contributed by atoms with Crippen LogP contribution in [-0.2, 0) is 28.5 Å². The van der Waals surface area contributed by atoms with E-state index in [1.807, 2.05) is 34.8 Å². The molecule has 1 aromatic heterocycles. The second kappa shape index (κ2) is 8.14. The van der Waals surface area contributed by atoms with Gasteiger partial charge in [0.2, 0.25) is 11.8 Å². The number of anilines is 2. The average molecular weight is 454 g/mol. The van der Waals surface area contributed by atoms with Crippen molar-refractivity contribution < 1.29 is 9.59 Å². The molecule has 3 aromatic rings. The summed E-state index contributed by atoms with van der Waals surface area (Å²) in [6, 6.07) is 15.4. The zero-order chi connectivity index (χ0) is 24.0. The first-order valence-corrected chi connectivity index (χ1v) is 11.5. The quantitative estimate of drug-likeness (QED) is 0.605. The number of amides is 2. The molecule has 7 nitrogen and oxygen atoms in total. The molecule has 34 heavy (non-hydrogen) atoms. The molecule has 0 N–H and O–H groups in total. The van der Waals surface area contributed by atoms with Crippen molar-refractivity contribution in [1.82, 2.24) is 9.55 Å². The molecule has 0 saturated carbocycles. The lowest BCUT2D eigenvalue weighted by Crippen LogP contribution is -2.39. The third kappa shape index (κ3) is 3.75. The van der Waals surface area contributed by atoms with E-state index in [1.165, 1.54) is 5.56 Å². The maximum absolute atomic E-state index is 13.6. The van der Waals surface area contributed by atoms with Crippen LogP contribution in [-0.4, -0.2) is 34.5 Å². The molecule has 1 atom stereocenters. The molecule has 2 aliphatic rings. The maximum atomic E-state index is 13.6. The molecule has 7 heteroatoms. The Morgan fingerprint density at radius 2 is 2.06 bits per heavy atom. The highest BCUT2D eigenvalue weighted by Gasteiger charge is 2.43. The lowest BCUT2D eigenvalue weighted by molar-refractivity contribution is -0.124. The first kappa shape index (κ1) is 21.9. The SMILES string of the molecule is Cn1cncc1Cc1ccc2c(c1)C(C)(C)CN2C(=O)[C@H]1CC(=O)N(c2cccc(C#N)c2)C1. The van der Waals surface area contributed by atoms with Gasteiger partial charge < -0.3 is 14.4 Å². The summed E-state index contributed by atoms with van der Waals surface area (Å²) in [6.45, 7) is 5.24. The van der Waals surface area contributed by atoms with E-state index in [9.17, 15) is 14.9 Å². The Labute approximate surface area is 199 Å². The molecule has 1 fully saturated rings. The Bertz CT molecular complexity index is 1330. The van der Waals surface area contributed by atoms with Crippen molar-refractivity contribution in [2.24, 2.45) is 13.0 Å². The summed E-state index contributed by atoms with van der Waals surface area (Å²) in [5.74, 6) is -0.508. The first-order valence-electron chi connectivity index (χ1n) is 11.5. The lowest BCUT2D eigenvalue weighted by Gasteiger charge is -2.23. The number of carbonyl (C=O) groups is 2. The molecular weight excluding hydrogens is 426 g/mol. The highest BCUT2D eigenvalue weighted by molar-refractivity contribution is 6.05. The standard InChI is InChI=1S/C27H27N5O2/c1-27(2)16-32(24-8-7-18(11-23(24)27)9-22-14-29-17-30(22)3)26(34)20-12-25(33)31(15-20)21-6-4-5-19(10-21)13-28/h4-8,10-11,14,17,20H,9,12,15-16H2,1-3H3/t20-/m0/s1. The second-order valence-electron chi connectivity index (χ2n) is 9.90. The minimum absolute atomic E-state index is 0.0153. The van der Waals surface area contributed by atoms with Gasteiger partial charge in [-0.3, -0.25) is 9.59 Å². The lowest BCUT2D eigenvalue weighted by atomic mass is 9.86. The fraction of sp³-hybridized carbons (Fsp3) is 0.333. The Kier molecular flexibility index (Phi) is 5.24. The predicted octanol–water partition coefficient (Wildman–Crippen LogP) is 3.56. The van der Waals surface area contributed by atoms with Crippen molar-refractivity contribution >= 4 is 23.2 Å². The van der Waals surface area contributed by atoms with Crippen LogP contribution in [0.25, 0.3) is 0 Å². The molecule has 0 unspecified atom stereocenters. The van der Waals surface area contributed by atoms with Crippen LogP contribution < -0.4 is 9.80 Å². The zero-order valence-electron chi connectivity index (χ0n) is 19.7. The van der Waals surface area contributed by atoms with Crippen molar-refractivity contribution in [2.75, 3.05) is 22.9 Å².